The molecule has 1 aliphatic heterocycles. The fourth-order valence-electron chi connectivity index (χ4n) is 3.63. The molecule has 1 fully saturated rings. The summed E-state index contributed by atoms with van der Waals surface area (Å²) >= 11 is 0. The van der Waals surface area contributed by atoms with Crippen molar-refractivity contribution >= 4 is 23.7 Å². The quantitative estimate of drug-likeness (QED) is 0.523. The number of benzene rings is 2. The molecular formula is C25H29N3O7. The Hall–Kier alpha value is -4.08. The van der Waals surface area contributed by atoms with Crippen LogP contribution in [0.15, 0.2) is 54.6 Å². The van der Waals surface area contributed by atoms with Crippen molar-refractivity contribution < 1.29 is 33.8 Å². The fourth-order valence-corrected chi connectivity index (χ4v) is 3.63. The van der Waals surface area contributed by atoms with E-state index in [0.717, 1.165) is 0 Å². The maximum Gasteiger partial charge on any atom is 0.326 e. The monoisotopic (exact) mass is 483 g/mol. The summed E-state index contributed by atoms with van der Waals surface area (Å²) in [6, 6.07) is 14.0. The molecule has 186 valence electrons. The normalized spacial score (nSPS) is 14.1. The van der Waals surface area contributed by atoms with E-state index in [1.54, 1.807) is 71.5 Å². The van der Waals surface area contributed by atoms with E-state index in [1.807, 2.05) is 0 Å². The lowest BCUT2D eigenvalue weighted by Crippen LogP contribution is -2.52. The molecule has 1 aliphatic rings. The second kappa shape index (κ2) is 12.4. The molecule has 0 radical (unpaired) electrons. The number of nitrogens with zero attached hydrogens (tertiary/aromatic N) is 2. The average molecular weight is 484 g/mol. The molecule has 2 aromatic rings. The van der Waals surface area contributed by atoms with E-state index < -0.39 is 17.9 Å². The molecule has 2 aromatic carbocycles. The van der Waals surface area contributed by atoms with Crippen LogP contribution in [0, 0.1) is 0 Å². The van der Waals surface area contributed by atoms with Crippen LogP contribution < -0.4 is 14.8 Å². The number of carboxylic acids is 1. The highest BCUT2D eigenvalue weighted by molar-refractivity contribution is 5.96. The first-order valence-electron chi connectivity index (χ1n) is 11.3. The number of ether oxygens (including phenoxy) is 2. The third kappa shape index (κ3) is 7.46. The van der Waals surface area contributed by atoms with Crippen molar-refractivity contribution in [2.75, 3.05) is 39.9 Å². The zero-order valence-electron chi connectivity index (χ0n) is 19.5. The molecule has 1 atom stereocenters. The van der Waals surface area contributed by atoms with Gasteiger partial charge in [0.2, 0.25) is 5.91 Å². The van der Waals surface area contributed by atoms with Crippen LogP contribution in [0.4, 0.5) is 0 Å². The minimum Gasteiger partial charge on any atom is -0.497 e. The van der Waals surface area contributed by atoms with E-state index >= 15 is 0 Å². The van der Waals surface area contributed by atoms with Gasteiger partial charge in [-0.15, -0.1) is 0 Å². The molecule has 0 aliphatic carbocycles. The number of rotatable bonds is 10. The van der Waals surface area contributed by atoms with Gasteiger partial charge in [-0.05, 0) is 42.8 Å². The van der Waals surface area contributed by atoms with Gasteiger partial charge < -0.3 is 29.7 Å². The Kier molecular flexibility index (Phi) is 9.05. The maximum atomic E-state index is 12.6. The molecule has 0 unspecified atom stereocenters. The first-order chi connectivity index (χ1) is 16.9. The number of carbonyl (C=O) groups excluding carboxylic acids is 3. The minimum absolute atomic E-state index is 0.0262. The zero-order chi connectivity index (χ0) is 25.2. The second-order valence-corrected chi connectivity index (χ2v) is 7.99. The Morgan fingerprint density at radius 3 is 2.03 bits per heavy atom. The van der Waals surface area contributed by atoms with Gasteiger partial charge in [-0.3, -0.25) is 14.4 Å². The van der Waals surface area contributed by atoms with Gasteiger partial charge in [-0.25, -0.2) is 4.79 Å². The molecule has 0 spiro atoms. The van der Waals surface area contributed by atoms with Crippen molar-refractivity contribution in [1.29, 1.82) is 0 Å². The van der Waals surface area contributed by atoms with E-state index in [1.165, 1.54) is 0 Å². The molecule has 0 saturated carbocycles. The molecule has 0 aromatic heterocycles. The number of methoxy groups -OCH3 is 1. The largest absolute Gasteiger partial charge is 0.497 e. The van der Waals surface area contributed by atoms with Crippen molar-refractivity contribution in [3.05, 3.63) is 60.2 Å². The molecule has 10 heteroatoms. The second-order valence-electron chi connectivity index (χ2n) is 7.99. The number of hydrogen-bond acceptors (Lipinski definition) is 6. The topological polar surface area (TPSA) is 125 Å². The summed E-state index contributed by atoms with van der Waals surface area (Å²) in [5.41, 5.74) is 0.349. The van der Waals surface area contributed by atoms with Gasteiger partial charge in [0.1, 0.15) is 17.5 Å². The lowest BCUT2D eigenvalue weighted by atomic mass is 10.1. The van der Waals surface area contributed by atoms with Crippen LogP contribution in [0.2, 0.25) is 0 Å². The van der Waals surface area contributed by atoms with E-state index in [9.17, 15) is 24.3 Å². The van der Waals surface area contributed by atoms with Gasteiger partial charge in [0, 0.05) is 38.2 Å². The van der Waals surface area contributed by atoms with Crippen molar-refractivity contribution in [2.24, 2.45) is 0 Å². The summed E-state index contributed by atoms with van der Waals surface area (Å²) in [5, 5.41) is 11.9. The highest BCUT2D eigenvalue weighted by atomic mass is 16.5. The summed E-state index contributed by atoms with van der Waals surface area (Å²) in [7, 11) is 1.57. The zero-order valence-corrected chi connectivity index (χ0v) is 19.5. The molecule has 0 bridgehead atoms. The summed E-state index contributed by atoms with van der Waals surface area (Å²) in [6.07, 6.45) is -0.0534. The van der Waals surface area contributed by atoms with Crippen LogP contribution in [0.1, 0.15) is 23.2 Å². The first-order valence-corrected chi connectivity index (χ1v) is 11.3. The number of nitrogens with one attached hydrogen (secondary N) is 1. The molecule has 1 saturated heterocycles. The molecule has 10 nitrogen and oxygen atoms in total. The number of carbonyl (C=O) groups is 4. The van der Waals surface area contributed by atoms with Crippen molar-refractivity contribution in [3.63, 3.8) is 0 Å². The SMILES string of the molecule is COc1ccc(OCC(=O)N2CCN(C(=O)CC[C@H](NC(=O)c3ccccc3)C(=O)O)CC2)cc1. The van der Waals surface area contributed by atoms with E-state index in [2.05, 4.69) is 5.32 Å². The standard InChI is InChI=1S/C25H29N3O7/c1-34-19-7-9-20(10-8-19)35-17-23(30)28-15-13-27(14-16-28)22(29)12-11-21(25(32)33)26-24(31)18-5-3-2-4-6-18/h2-10,21H,11-17H2,1H3,(H,26,31)(H,32,33)/t21-/m0/s1. The molecule has 3 amide bonds. The average Bonchev–Trinajstić information content (AvgIpc) is 2.90. The van der Waals surface area contributed by atoms with Gasteiger partial charge in [0.15, 0.2) is 6.61 Å². The summed E-state index contributed by atoms with van der Waals surface area (Å²) < 4.78 is 10.6. The summed E-state index contributed by atoms with van der Waals surface area (Å²) in [5.74, 6) is -0.851. The predicted octanol–water partition coefficient (Wildman–Crippen LogP) is 1.41. The molecule has 35 heavy (non-hydrogen) atoms. The van der Waals surface area contributed by atoms with Crippen LogP contribution in [0.3, 0.4) is 0 Å². The van der Waals surface area contributed by atoms with Crippen LogP contribution in [0.25, 0.3) is 0 Å². The number of amides is 3. The summed E-state index contributed by atoms with van der Waals surface area (Å²) in [4.78, 5) is 52.1. The number of aliphatic carboxylic acids is 1. The molecule has 3 rings (SSSR count). The van der Waals surface area contributed by atoms with Crippen LogP contribution in [0.5, 0.6) is 11.5 Å². The van der Waals surface area contributed by atoms with Crippen molar-refractivity contribution in [2.45, 2.75) is 18.9 Å². The van der Waals surface area contributed by atoms with E-state index in [-0.39, 0.29) is 31.3 Å². The lowest BCUT2D eigenvalue weighted by Gasteiger charge is -2.35. The summed E-state index contributed by atoms with van der Waals surface area (Å²) in [6.45, 7) is 1.32. The molecular weight excluding hydrogens is 454 g/mol. The molecule has 1 heterocycles. The van der Waals surface area contributed by atoms with Crippen molar-refractivity contribution in [1.82, 2.24) is 15.1 Å². The number of carboxylic acid groups (broad SMARTS) is 1. The van der Waals surface area contributed by atoms with E-state index in [4.69, 9.17) is 9.47 Å². The predicted molar refractivity (Wildman–Crippen MR) is 126 cm³/mol. The van der Waals surface area contributed by atoms with Gasteiger partial charge in [-0.2, -0.15) is 0 Å². The third-order valence-electron chi connectivity index (χ3n) is 5.69. The van der Waals surface area contributed by atoms with Crippen LogP contribution in [-0.2, 0) is 14.4 Å². The van der Waals surface area contributed by atoms with Gasteiger partial charge >= 0.3 is 5.97 Å². The first kappa shape index (κ1) is 25.5. The van der Waals surface area contributed by atoms with Crippen LogP contribution in [-0.4, -0.2) is 84.5 Å². The van der Waals surface area contributed by atoms with Gasteiger partial charge in [-0.1, -0.05) is 18.2 Å². The third-order valence-corrected chi connectivity index (χ3v) is 5.69. The van der Waals surface area contributed by atoms with E-state index in [0.29, 0.717) is 43.2 Å². The van der Waals surface area contributed by atoms with Gasteiger partial charge in [0.05, 0.1) is 7.11 Å². The highest BCUT2D eigenvalue weighted by Gasteiger charge is 2.27. The molecule has 2 N–H and O–H groups in total. The Balaban J connectivity index is 1.41. The Morgan fingerprint density at radius 1 is 0.886 bits per heavy atom. The Labute approximate surface area is 203 Å². The number of hydrogen-bond donors (Lipinski definition) is 2. The smallest absolute Gasteiger partial charge is 0.326 e. The Morgan fingerprint density at radius 2 is 1.46 bits per heavy atom. The fraction of sp³-hybridized carbons (Fsp3) is 0.360. The van der Waals surface area contributed by atoms with Gasteiger partial charge in [0.25, 0.3) is 11.8 Å². The maximum absolute atomic E-state index is 12.6. The minimum atomic E-state index is -1.20. The number of piperazine rings is 1. The van der Waals surface area contributed by atoms with Crippen LogP contribution >= 0.6 is 0 Å². The lowest BCUT2D eigenvalue weighted by molar-refractivity contribution is -0.142. The van der Waals surface area contributed by atoms with Crippen molar-refractivity contribution in [3.8, 4) is 11.5 Å². The Bertz CT molecular complexity index is 1020. The highest BCUT2D eigenvalue weighted by Crippen LogP contribution is 2.17.